The van der Waals surface area contributed by atoms with E-state index in [1.165, 1.54) is 38.5 Å². The highest BCUT2D eigenvalue weighted by atomic mass is 16.5. The zero-order valence-electron chi connectivity index (χ0n) is 10.2. The zero-order chi connectivity index (χ0) is 10.7. The monoisotopic (exact) mass is 211 g/mol. The molecule has 0 radical (unpaired) electrons. The first-order chi connectivity index (χ1) is 7.25. The van der Waals surface area contributed by atoms with E-state index in [2.05, 4.69) is 19.2 Å². The number of rotatable bonds is 2. The first-order valence-electron chi connectivity index (χ1n) is 6.63. The molecule has 0 spiro atoms. The van der Waals surface area contributed by atoms with Crippen LogP contribution < -0.4 is 5.32 Å². The van der Waals surface area contributed by atoms with Gasteiger partial charge in [-0.2, -0.15) is 0 Å². The van der Waals surface area contributed by atoms with Crippen molar-refractivity contribution in [2.75, 3.05) is 6.61 Å². The number of nitrogens with one attached hydrogen (secondary N) is 1. The molecular weight excluding hydrogens is 186 g/mol. The van der Waals surface area contributed by atoms with Gasteiger partial charge in [-0.05, 0) is 38.5 Å². The lowest BCUT2D eigenvalue weighted by Crippen LogP contribution is -2.41. The lowest BCUT2D eigenvalue weighted by atomic mass is 10.0. The van der Waals surface area contributed by atoms with Crippen LogP contribution in [-0.2, 0) is 4.74 Å². The van der Waals surface area contributed by atoms with Gasteiger partial charge in [-0.25, -0.2) is 0 Å². The summed E-state index contributed by atoms with van der Waals surface area (Å²) in [4.78, 5) is 0. The molecule has 1 aliphatic heterocycles. The van der Waals surface area contributed by atoms with E-state index in [1.54, 1.807) is 0 Å². The van der Waals surface area contributed by atoms with E-state index in [0.717, 1.165) is 18.6 Å². The standard InChI is InChI=1S/C13H25NO/c1-10-4-3-5-12(7-6-10)14-13-8-9-15-11(13)2/h10-14H,3-9H2,1-2H3. The Labute approximate surface area is 93.8 Å². The minimum absolute atomic E-state index is 0.422. The summed E-state index contributed by atoms with van der Waals surface area (Å²) in [5.74, 6) is 0.939. The van der Waals surface area contributed by atoms with E-state index >= 15 is 0 Å². The summed E-state index contributed by atoms with van der Waals surface area (Å²) in [6, 6.07) is 1.37. The predicted octanol–water partition coefficient (Wildman–Crippen LogP) is 2.72. The quantitative estimate of drug-likeness (QED) is 0.709. The van der Waals surface area contributed by atoms with E-state index in [4.69, 9.17) is 4.74 Å². The average Bonchev–Trinajstić information content (AvgIpc) is 2.48. The van der Waals surface area contributed by atoms with Crippen LogP contribution in [0.2, 0.25) is 0 Å². The molecule has 4 unspecified atom stereocenters. The lowest BCUT2D eigenvalue weighted by Gasteiger charge is -2.23. The van der Waals surface area contributed by atoms with E-state index in [-0.39, 0.29) is 0 Å². The topological polar surface area (TPSA) is 21.3 Å². The van der Waals surface area contributed by atoms with Gasteiger partial charge in [0.1, 0.15) is 0 Å². The third-order valence-corrected chi connectivity index (χ3v) is 4.08. The Balaban J connectivity index is 1.78. The molecule has 2 heteroatoms. The van der Waals surface area contributed by atoms with Crippen LogP contribution in [0.5, 0.6) is 0 Å². The van der Waals surface area contributed by atoms with Crippen LogP contribution in [0.25, 0.3) is 0 Å². The molecule has 2 nitrogen and oxygen atoms in total. The predicted molar refractivity (Wildman–Crippen MR) is 63.0 cm³/mol. The Kier molecular flexibility index (Phi) is 4.04. The second-order valence-corrected chi connectivity index (χ2v) is 5.45. The number of hydrogen-bond acceptors (Lipinski definition) is 2. The largest absolute Gasteiger partial charge is 0.377 e. The van der Waals surface area contributed by atoms with Gasteiger partial charge in [0.2, 0.25) is 0 Å². The summed E-state index contributed by atoms with van der Waals surface area (Å²) in [7, 11) is 0. The summed E-state index contributed by atoms with van der Waals surface area (Å²) in [6.45, 7) is 5.54. The van der Waals surface area contributed by atoms with Crippen LogP contribution in [0.4, 0.5) is 0 Å². The zero-order valence-corrected chi connectivity index (χ0v) is 10.2. The smallest absolute Gasteiger partial charge is 0.0700 e. The second-order valence-electron chi connectivity index (χ2n) is 5.45. The summed E-state index contributed by atoms with van der Waals surface area (Å²) in [6.07, 6.45) is 8.59. The highest BCUT2D eigenvalue weighted by Gasteiger charge is 2.27. The minimum Gasteiger partial charge on any atom is -0.377 e. The van der Waals surface area contributed by atoms with Crippen molar-refractivity contribution in [2.24, 2.45) is 5.92 Å². The van der Waals surface area contributed by atoms with E-state index in [0.29, 0.717) is 12.1 Å². The first kappa shape index (κ1) is 11.4. The van der Waals surface area contributed by atoms with Crippen molar-refractivity contribution in [3.05, 3.63) is 0 Å². The normalized spacial score (nSPS) is 42.8. The summed E-state index contributed by atoms with van der Waals surface area (Å²) < 4.78 is 5.60. The number of ether oxygens (including phenoxy) is 1. The van der Waals surface area contributed by atoms with Gasteiger partial charge in [-0.1, -0.05) is 19.8 Å². The van der Waals surface area contributed by atoms with Gasteiger partial charge in [-0.3, -0.25) is 0 Å². The first-order valence-corrected chi connectivity index (χ1v) is 6.63. The Morgan fingerprint density at radius 1 is 1.00 bits per heavy atom. The van der Waals surface area contributed by atoms with Crippen molar-refractivity contribution in [1.29, 1.82) is 0 Å². The van der Waals surface area contributed by atoms with Gasteiger partial charge in [0.25, 0.3) is 0 Å². The maximum Gasteiger partial charge on any atom is 0.0700 e. The third-order valence-electron chi connectivity index (χ3n) is 4.08. The van der Waals surface area contributed by atoms with Gasteiger partial charge >= 0.3 is 0 Å². The molecule has 1 saturated carbocycles. The highest BCUT2D eigenvalue weighted by molar-refractivity contribution is 4.84. The SMILES string of the molecule is CC1CCCC(NC2CCOC2C)CC1. The molecule has 1 heterocycles. The summed E-state index contributed by atoms with van der Waals surface area (Å²) >= 11 is 0. The fraction of sp³-hybridized carbons (Fsp3) is 1.00. The summed E-state index contributed by atoms with van der Waals surface area (Å²) in [5, 5.41) is 3.80. The van der Waals surface area contributed by atoms with E-state index < -0.39 is 0 Å². The van der Waals surface area contributed by atoms with Crippen molar-refractivity contribution < 1.29 is 4.74 Å². The van der Waals surface area contributed by atoms with Crippen molar-refractivity contribution in [3.8, 4) is 0 Å². The van der Waals surface area contributed by atoms with Gasteiger partial charge in [0, 0.05) is 18.7 Å². The second kappa shape index (κ2) is 5.31. The van der Waals surface area contributed by atoms with Crippen LogP contribution in [0.1, 0.15) is 52.4 Å². The fourth-order valence-corrected chi connectivity index (χ4v) is 2.91. The Morgan fingerprint density at radius 2 is 1.87 bits per heavy atom. The molecule has 1 N–H and O–H groups in total. The molecule has 0 aromatic carbocycles. The van der Waals surface area contributed by atoms with Gasteiger partial charge in [0.15, 0.2) is 0 Å². The molecule has 0 amide bonds. The average molecular weight is 211 g/mol. The Hall–Kier alpha value is -0.0800. The van der Waals surface area contributed by atoms with Crippen molar-refractivity contribution in [3.63, 3.8) is 0 Å². The Morgan fingerprint density at radius 3 is 2.60 bits per heavy atom. The van der Waals surface area contributed by atoms with E-state index in [1.807, 2.05) is 0 Å². The molecule has 0 aromatic rings. The van der Waals surface area contributed by atoms with Crippen LogP contribution in [0.15, 0.2) is 0 Å². The van der Waals surface area contributed by atoms with E-state index in [9.17, 15) is 0 Å². The molecule has 2 fully saturated rings. The molecule has 1 aliphatic carbocycles. The van der Waals surface area contributed by atoms with Gasteiger partial charge < -0.3 is 10.1 Å². The Bertz CT molecular complexity index is 195. The van der Waals surface area contributed by atoms with Crippen LogP contribution >= 0.6 is 0 Å². The highest BCUT2D eigenvalue weighted by Crippen LogP contribution is 2.24. The minimum atomic E-state index is 0.422. The maximum absolute atomic E-state index is 5.60. The van der Waals surface area contributed by atoms with Crippen LogP contribution in [-0.4, -0.2) is 24.8 Å². The lowest BCUT2D eigenvalue weighted by molar-refractivity contribution is 0.110. The molecule has 88 valence electrons. The molecule has 15 heavy (non-hydrogen) atoms. The molecule has 0 aromatic heterocycles. The van der Waals surface area contributed by atoms with Crippen LogP contribution in [0.3, 0.4) is 0 Å². The molecule has 0 bridgehead atoms. The molecule has 4 atom stereocenters. The number of hydrogen-bond donors (Lipinski definition) is 1. The molecule has 1 saturated heterocycles. The van der Waals surface area contributed by atoms with Gasteiger partial charge in [0.05, 0.1) is 6.10 Å². The van der Waals surface area contributed by atoms with Gasteiger partial charge in [-0.15, -0.1) is 0 Å². The van der Waals surface area contributed by atoms with Crippen molar-refractivity contribution in [2.45, 2.75) is 70.6 Å². The molecule has 2 rings (SSSR count). The van der Waals surface area contributed by atoms with Crippen LogP contribution in [0, 0.1) is 5.92 Å². The third kappa shape index (κ3) is 3.18. The fourth-order valence-electron chi connectivity index (χ4n) is 2.91. The van der Waals surface area contributed by atoms with Crippen molar-refractivity contribution >= 4 is 0 Å². The maximum atomic E-state index is 5.60. The molecular formula is C13H25NO. The summed E-state index contributed by atoms with van der Waals surface area (Å²) in [5.41, 5.74) is 0. The molecule has 2 aliphatic rings. The van der Waals surface area contributed by atoms with Crippen molar-refractivity contribution in [1.82, 2.24) is 5.32 Å².